The number of carbonyl (C=O) groups is 2. The number of nitrogens with zero attached hydrogens (tertiary/aromatic N) is 1. The van der Waals surface area contributed by atoms with Crippen molar-refractivity contribution in [3.05, 3.63) is 124 Å². The first-order valence-electron chi connectivity index (χ1n) is 14.1. The number of hydrogen-bond donors (Lipinski definition) is 1. The van der Waals surface area contributed by atoms with Crippen LogP contribution in [0.3, 0.4) is 0 Å². The third-order valence-electron chi connectivity index (χ3n) is 7.21. The van der Waals surface area contributed by atoms with E-state index in [1.54, 1.807) is 50.5 Å². The van der Waals surface area contributed by atoms with Gasteiger partial charge in [-0.3, -0.25) is 9.59 Å². The minimum absolute atomic E-state index is 0.0817. The maximum absolute atomic E-state index is 14.1. The lowest BCUT2D eigenvalue weighted by molar-refractivity contribution is -0.140. The maximum atomic E-state index is 14.1. The normalized spacial score (nSPS) is 11.3. The summed E-state index contributed by atoms with van der Waals surface area (Å²) in [6, 6.07) is 29.5. The van der Waals surface area contributed by atoms with Crippen LogP contribution < -0.4 is 19.5 Å². The third kappa shape index (κ3) is 9.00. The van der Waals surface area contributed by atoms with Crippen molar-refractivity contribution in [1.82, 2.24) is 10.2 Å². The molecule has 0 fully saturated rings. The zero-order valence-electron chi connectivity index (χ0n) is 24.7. The van der Waals surface area contributed by atoms with Gasteiger partial charge >= 0.3 is 0 Å². The summed E-state index contributed by atoms with van der Waals surface area (Å²) in [5.41, 5.74) is 3.65. The lowest BCUT2D eigenvalue weighted by atomic mass is 10.0. The van der Waals surface area contributed by atoms with E-state index in [4.69, 9.17) is 25.8 Å². The van der Waals surface area contributed by atoms with Crippen molar-refractivity contribution in [2.75, 3.05) is 27.9 Å². The number of rotatable bonds is 14. The first-order valence-corrected chi connectivity index (χ1v) is 14.5. The van der Waals surface area contributed by atoms with E-state index in [0.717, 1.165) is 28.0 Å². The summed E-state index contributed by atoms with van der Waals surface area (Å²) in [4.78, 5) is 29.6. The SMILES string of the molecule is COc1ccc(CCNC(=O)[C@@H](Cc2ccccc2)N(Cc2ccc(Cl)cc2)C(=O)Cc2ccc(OC)c(OC)c2)cc1. The zero-order valence-corrected chi connectivity index (χ0v) is 25.5. The molecule has 0 spiro atoms. The van der Waals surface area contributed by atoms with E-state index < -0.39 is 6.04 Å². The molecule has 0 heterocycles. The Bertz CT molecular complexity index is 1480. The minimum Gasteiger partial charge on any atom is -0.497 e. The molecule has 0 radical (unpaired) electrons. The predicted octanol–water partition coefficient (Wildman–Crippen LogP) is 5.91. The second kappa shape index (κ2) is 15.7. The van der Waals surface area contributed by atoms with Crippen LogP contribution in [0.1, 0.15) is 22.3 Å². The number of nitrogens with one attached hydrogen (secondary N) is 1. The first kappa shape index (κ1) is 31.4. The van der Waals surface area contributed by atoms with Gasteiger partial charge in [0.15, 0.2) is 11.5 Å². The summed E-state index contributed by atoms with van der Waals surface area (Å²) in [6.07, 6.45) is 1.09. The molecule has 0 aromatic heterocycles. The van der Waals surface area contributed by atoms with Crippen molar-refractivity contribution in [2.24, 2.45) is 0 Å². The van der Waals surface area contributed by atoms with Gasteiger partial charge in [0.25, 0.3) is 0 Å². The Hall–Kier alpha value is -4.49. The molecule has 43 heavy (non-hydrogen) atoms. The van der Waals surface area contributed by atoms with Crippen molar-refractivity contribution in [2.45, 2.75) is 31.8 Å². The highest BCUT2D eigenvalue weighted by atomic mass is 35.5. The van der Waals surface area contributed by atoms with Gasteiger partial charge in [0, 0.05) is 24.5 Å². The second-order valence-corrected chi connectivity index (χ2v) is 10.5. The molecule has 0 unspecified atom stereocenters. The van der Waals surface area contributed by atoms with E-state index in [1.165, 1.54) is 0 Å². The van der Waals surface area contributed by atoms with Gasteiger partial charge in [-0.25, -0.2) is 0 Å². The molecular weight excluding hydrogens is 564 g/mol. The lowest BCUT2D eigenvalue weighted by Crippen LogP contribution is -2.51. The van der Waals surface area contributed by atoms with E-state index in [9.17, 15) is 9.59 Å². The number of hydrogen-bond acceptors (Lipinski definition) is 5. The highest BCUT2D eigenvalue weighted by Crippen LogP contribution is 2.28. The Kier molecular flexibility index (Phi) is 11.5. The fourth-order valence-electron chi connectivity index (χ4n) is 4.85. The van der Waals surface area contributed by atoms with Crippen LogP contribution in [0, 0.1) is 0 Å². The standard InChI is InChI=1S/C35H37ClN2O5/c1-41-30-16-11-25(12-17-30)19-20-37-35(40)31(21-26-7-5-4-6-8-26)38(24-27-9-14-29(36)15-10-27)34(39)23-28-13-18-32(42-2)33(22-28)43-3/h4-18,22,31H,19-21,23-24H2,1-3H3,(H,37,40)/t31-/m1/s1. The van der Waals surface area contributed by atoms with E-state index in [0.29, 0.717) is 35.9 Å². The fraction of sp³-hybridized carbons (Fsp3) is 0.257. The summed E-state index contributed by atoms with van der Waals surface area (Å²) in [6.45, 7) is 0.668. The van der Waals surface area contributed by atoms with Gasteiger partial charge in [-0.1, -0.05) is 72.3 Å². The summed E-state index contributed by atoms with van der Waals surface area (Å²) in [7, 11) is 4.75. The molecule has 4 aromatic carbocycles. The van der Waals surface area contributed by atoms with Gasteiger partial charge in [0.1, 0.15) is 11.8 Å². The molecule has 224 valence electrons. The van der Waals surface area contributed by atoms with Crippen LogP contribution in [0.4, 0.5) is 0 Å². The van der Waals surface area contributed by atoms with Crippen LogP contribution in [-0.4, -0.2) is 50.6 Å². The predicted molar refractivity (Wildman–Crippen MR) is 169 cm³/mol. The van der Waals surface area contributed by atoms with Gasteiger partial charge in [-0.2, -0.15) is 0 Å². The van der Waals surface area contributed by atoms with E-state index in [-0.39, 0.29) is 24.8 Å². The zero-order chi connectivity index (χ0) is 30.6. The highest BCUT2D eigenvalue weighted by molar-refractivity contribution is 6.30. The number of amides is 2. The van der Waals surface area contributed by atoms with Crippen molar-refractivity contribution >= 4 is 23.4 Å². The molecule has 2 amide bonds. The second-order valence-electron chi connectivity index (χ2n) is 10.1. The number of benzene rings is 4. The van der Waals surface area contributed by atoms with Crippen LogP contribution >= 0.6 is 11.6 Å². The third-order valence-corrected chi connectivity index (χ3v) is 7.46. The molecule has 1 N–H and O–H groups in total. The van der Waals surface area contributed by atoms with Crippen molar-refractivity contribution < 1.29 is 23.8 Å². The minimum atomic E-state index is -0.749. The van der Waals surface area contributed by atoms with Crippen LogP contribution in [0.5, 0.6) is 17.2 Å². The summed E-state index contributed by atoms with van der Waals surface area (Å²) in [5, 5.41) is 3.69. The summed E-state index contributed by atoms with van der Waals surface area (Å²) < 4.78 is 16.1. The van der Waals surface area contributed by atoms with Crippen LogP contribution in [0.25, 0.3) is 0 Å². The molecule has 0 aliphatic heterocycles. The average Bonchev–Trinajstić information content (AvgIpc) is 3.04. The fourth-order valence-corrected chi connectivity index (χ4v) is 4.97. The monoisotopic (exact) mass is 600 g/mol. The lowest BCUT2D eigenvalue weighted by Gasteiger charge is -2.32. The Morgan fingerprint density at radius 1 is 0.744 bits per heavy atom. The Balaban J connectivity index is 1.61. The molecule has 7 nitrogen and oxygen atoms in total. The van der Waals surface area contributed by atoms with E-state index in [2.05, 4.69) is 5.32 Å². The van der Waals surface area contributed by atoms with E-state index in [1.807, 2.05) is 72.8 Å². The van der Waals surface area contributed by atoms with Gasteiger partial charge in [-0.05, 0) is 65.1 Å². The molecule has 1 atom stereocenters. The van der Waals surface area contributed by atoms with Gasteiger partial charge in [0.2, 0.25) is 11.8 Å². The van der Waals surface area contributed by atoms with Crippen molar-refractivity contribution in [3.8, 4) is 17.2 Å². The Morgan fingerprint density at radius 3 is 2.05 bits per heavy atom. The molecule has 0 aliphatic rings. The quantitative estimate of drug-likeness (QED) is 0.195. The number of ether oxygens (including phenoxy) is 3. The summed E-state index contributed by atoms with van der Waals surface area (Å²) in [5.74, 6) is 1.49. The topological polar surface area (TPSA) is 77.1 Å². The highest BCUT2D eigenvalue weighted by Gasteiger charge is 2.30. The summed E-state index contributed by atoms with van der Waals surface area (Å²) >= 11 is 6.14. The van der Waals surface area contributed by atoms with Crippen LogP contribution in [0.2, 0.25) is 5.02 Å². The molecular formula is C35H37ClN2O5. The van der Waals surface area contributed by atoms with E-state index >= 15 is 0 Å². The molecule has 8 heteroatoms. The smallest absolute Gasteiger partial charge is 0.243 e. The number of carbonyl (C=O) groups excluding carboxylic acids is 2. The molecule has 0 aliphatic carbocycles. The first-order chi connectivity index (χ1) is 20.9. The Labute approximate surface area is 258 Å². The van der Waals surface area contributed by atoms with Gasteiger partial charge < -0.3 is 24.4 Å². The molecule has 4 aromatic rings. The van der Waals surface area contributed by atoms with Gasteiger partial charge in [0.05, 0.1) is 27.8 Å². The maximum Gasteiger partial charge on any atom is 0.243 e. The van der Waals surface area contributed by atoms with Crippen molar-refractivity contribution in [3.63, 3.8) is 0 Å². The molecule has 4 rings (SSSR count). The Morgan fingerprint density at radius 2 is 1.40 bits per heavy atom. The van der Waals surface area contributed by atoms with Crippen LogP contribution in [-0.2, 0) is 35.4 Å². The van der Waals surface area contributed by atoms with Crippen molar-refractivity contribution in [1.29, 1.82) is 0 Å². The molecule has 0 saturated carbocycles. The number of methoxy groups -OCH3 is 3. The molecule has 0 bridgehead atoms. The number of halogens is 1. The largest absolute Gasteiger partial charge is 0.497 e. The molecule has 0 saturated heterocycles. The average molecular weight is 601 g/mol. The van der Waals surface area contributed by atoms with Crippen LogP contribution in [0.15, 0.2) is 97.1 Å². The van der Waals surface area contributed by atoms with Gasteiger partial charge in [-0.15, -0.1) is 0 Å².